The third kappa shape index (κ3) is 4.86. The van der Waals surface area contributed by atoms with E-state index in [-0.39, 0.29) is 18.3 Å². The summed E-state index contributed by atoms with van der Waals surface area (Å²) in [5.41, 5.74) is 2.08. The third-order valence-corrected chi connectivity index (χ3v) is 4.78. The summed E-state index contributed by atoms with van der Waals surface area (Å²) in [5.74, 6) is -0.0711. The molecule has 2 aromatic carbocycles. The van der Waals surface area contributed by atoms with E-state index in [9.17, 15) is 14.0 Å². The van der Waals surface area contributed by atoms with Crippen LogP contribution >= 0.6 is 11.6 Å². The van der Waals surface area contributed by atoms with E-state index in [2.05, 4.69) is 0 Å². The first-order valence-corrected chi connectivity index (χ1v) is 9.31. The molecule has 0 saturated carbocycles. The second-order valence-electron chi connectivity index (χ2n) is 6.68. The first-order valence-electron chi connectivity index (χ1n) is 8.93. The van der Waals surface area contributed by atoms with Crippen LogP contribution in [0.5, 0.6) is 5.75 Å². The van der Waals surface area contributed by atoms with E-state index in [0.717, 1.165) is 17.5 Å². The molecule has 1 heterocycles. The summed E-state index contributed by atoms with van der Waals surface area (Å²) in [6.07, 6.45) is 2.63. The van der Waals surface area contributed by atoms with Crippen molar-refractivity contribution in [1.29, 1.82) is 0 Å². The molecule has 0 spiro atoms. The van der Waals surface area contributed by atoms with Gasteiger partial charge in [0.1, 0.15) is 17.3 Å². The van der Waals surface area contributed by atoms with Gasteiger partial charge in [-0.1, -0.05) is 23.7 Å². The number of nitrogens with zero attached hydrogens (tertiary/aromatic N) is 1. The molecule has 0 N–H and O–H groups in total. The molecule has 3 rings (SSSR count). The number of carbonyl (C=O) groups is 2. The summed E-state index contributed by atoms with van der Waals surface area (Å²) < 4.78 is 19.9. The molecule has 1 amide bonds. The van der Waals surface area contributed by atoms with Crippen molar-refractivity contribution in [2.24, 2.45) is 0 Å². The van der Waals surface area contributed by atoms with Crippen LogP contribution in [0.2, 0.25) is 5.02 Å². The van der Waals surface area contributed by atoms with Gasteiger partial charge in [-0.05, 0) is 61.6 Å². The molecule has 1 aliphatic heterocycles. The number of hydrogen-bond acceptors (Lipinski definition) is 3. The highest BCUT2D eigenvalue weighted by molar-refractivity contribution is 6.30. The number of anilines is 1. The summed E-state index contributed by atoms with van der Waals surface area (Å²) in [6, 6.07) is 10.2. The molecule has 0 aliphatic carbocycles. The van der Waals surface area contributed by atoms with E-state index >= 15 is 0 Å². The quantitative estimate of drug-likeness (QED) is 0.737. The number of ether oxygens (including phenoxy) is 1. The summed E-state index contributed by atoms with van der Waals surface area (Å²) in [7, 11) is 0. The van der Waals surface area contributed by atoms with Crippen LogP contribution in [0.1, 0.15) is 30.9 Å². The van der Waals surface area contributed by atoms with Gasteiger partial charge in [-0.25, -0.2) is 4.39 Å². The van der Waals surface area contributed by atoms with Crippen LogP contribution in [0.25, 0.3) is 0 Å². The Morgan fingerprint density at radius 1 is 1.22 bits per heavy atom. The average Bonchev–Trinajstić information content (AvgIpc) is 2.64. The standard InChI is InChI=1S/C21H21ClFNO3/c1-14(25)4-5-15-6-8-18(9-7-15)27-13-20(26)24-10-2-3-16-11-17(22)12-19(23)21(16)24/h6-9,11-12H,2-5,10,13H2,1H3. The molecule has 0 bridgehead atoms. The van der Waals surface area contributed by atoms with Crippen molar-refractivity contribution in [3.63, 3.8) is 0 Å². The molecular formula is C21H21ClFNO3. The van der Waals surface area contributed by atoms with Crippen molar-refractivity contribution < 1.29 is 18.7 Å². The molecule has 2 aromatic rings. The van der Waals surface area contributed by atoms with Crippen LogP contribution in [-0.2, 0) is 22.4 Å². The van der Waals surface area contributed by atoms with Crippen molar-refractivity contribution in [3.8, 4) is 5.75 Å². The SMILES string of the molecule is CC(=O)CCc1ccc(OCC(=O)N2CCCc3cc(Cl)cc(F)c32)cc1. The first kappa shape index (κ1) is 19.4. The maximum Gasteiger partial charge on any atom is 0.265 e. The Bertz CT molecular complexity index is 851. The van der Waals surface area contributed by atoms with Crippen molar-refractivity contribution >= 4 is 29.0 Å². The van der Waals surface area contributed by atoms with Crippen LogP contribution in [-0.4, -0.2) is 24.8 Å². The Morgan fingerprint density at radius 2 is 1.96 bits per heavy atom. The monoisotopic (exact) mass is 389 g/mol. The second-order valence-corrected chi connectivity index (χ2v) is 7.12. The molecule has 0 aromatic heterocycles. The third-order valence-electron chi connectivity index (χ3n) is 4.56. The number of Topliss-reactive ketones (excluding diaryl/α,β-unsaturated/α-hetero) is 1. The number of rotatable bonds is 6. The van der Waals surface area contributed by atoms with Crippen LogP contribution in [0.4, 0.5) is 10.1 Å². The fourth-order valence-electron chi connectivity index (χ4n) is 3.20. The predicted octanol–water partition coefficient (Wildman–Crippen LogP) is 4.36. The number of fused-ring (bicyclic) bond motifs is 1. The number of amides is 1. The number of ketones is 1. The van der Waals surface area contributed by atoms with E-state index in [0.29, 0.717) is 42.3 Å². The van der Waals surface area contributed by atoms with Crippen molar-refractivity contribution in [1.82, 2.24) is 0 Å². The number of aryl methyl sites for hydroxylation is 2. The van der Waals surface area contributed by atoms with Crippen LogP contribution in [0.3, 0.4) is 0 Å². The second kappa shape index (κ2) is 8.53. The maximum atomic E-state index is 14.3. The van der Waals surface area contributed by atoms with Crippen molar-refractivity contribution in [3.05, 3.63) is 58.4 Å². The summed E-state index contributed by atoms with van der Waals surface area (Å²) in [6.45, 7) is 1.85. The normalized spacial score (nSPS) is 13.2. The lowest BCUT2D eigenvalue weighted by molar-refractivity contribution is -0.120. The molecule has 0 unspecified atom stereocenters. The molecule has 0 saturated heterocycles. The molecular weight excluding hydrogens is 369 g/mol. The van der Waals surface area contributed by atoms with Gasteiger partial charge < -0.3 is 14.4 Å². The minimum Gasteiger partial charge on any atom is -0.484 e. The molecule has 0 radical (unpaired) electrons. The number of carbonyl (C=O) groups excluding carboxylic acids is 2. The fourth-order valence-corrected chi connectivity index (χ4v) is 3.42. The molecule has 0 atom stereocenters. The van der Waals surface area contributed by atoms with Gasteiger partial charge in [0, 0.05) is 18.0 Å². The fraction of sp³-hybridized carbons (Fsp3) is 0.333. The number of halogens is 2. The van der Waals surface area contributed by atoms with E-state index in [1.807, 2.05) is 12.1 Å². The van der Waals surface area contributed by atoms with Gasteiger partial charge in [0.25, 0.3) is 5.91 Å². The number of benzene rings is 2. The Hall–Kier alpha value is -2.40. The van der Waals surface area contributed by atoms with Crippen molar-refractivity contribution in [2.75, 3.05) is 18.1 Å². The molecule has 4 nitrogen and oxygen atoms in total. The van der Waals surface area contributed by atoms with E-state index in [4.69, 9.17) is 16.3 Å². The smallest absolute Gasteiger partial charge is 0.265 e. The molecule has 142 valence electrons. The minimum absolute atomic E-state index is 0.149. The van der Waals surface area contributed by atoms with Gasteiger partial charge in [-0.3, -0.25) is 4.79 Å². The summed E-state index contributed by atoms with van der Waals surface area (Å²) in [5, 5.41) is 0.335. The van der Waals surface area contributed by atoms with Crippen LogP contribution in [0, 0.1) is 5.82 Å². The van der Waals surface area contributed by atoms with E-state index < -0.39 is 5.82 Å². The molecule has 1 aliphatic rings. The molecule has 27 heavy (non-hydrogen) atoms. The maximum absolute atomic E-state index is 14.3. The topological polar surface area (TPSA) is 46.6 Å². The van der Waals surface area contributed by atoms with Gasteiger partial charge in [-0.2, -0.15) is 0 Å². The summed E-state index contributed by atoms with van der Waals surface area (Å²) in [4.78, 5) is 25.1. The Kier molecular flexibility index (Phi) is 6.11. The Labute approximate surface area is 162 Å². The van der Waals surface area contributed by atoms with Crippen molar-refractivity contribution in [2.45, 2.75) is 32.6 Å². The largest absolute Gasteiger partial charge is 0.484 e. The lowest BCUT2D eigenvalue weighted by Crippen LogP contribution is -2.39. The van der Waals surface area contributed by atoms with E-state index in [1.165, 1.54) is 11.0 Å². The zero-order valence-corrected chi connectivity index (χ0v) is 15.9. The zero-order chi connectivity index (χ0) is 19.4. The highest BCUT2D eigenvalue weighted by Gasteiger charge is 2.26. The van der Waals surface area contributed by atoms with Gasteiger partial charge >= 0.3 is 0 Å². The summed E-state index contributed by atoms with van der Waals surface area (Å²) >= 11 is 5.92. The van der Waals surface area contributed by atoms with Gasteiger partial charge in [0.05, 0.1) is 5.69 Å². The van der Waals surface area contributed by atoms with Crippen LogP contribution in [0.15, 0.2) is 36.4 Å². The van der Waals surface area contributed by atoms with Gasteiger partial charge in [-0.15, -0.1) is 0 Å². The Morgan fingerprint density at radius 3 is 2.67 bits per heavy atom. The van der Waals surface area contributed by atoms with Gasteiger partial charge in [0.15, 0.2) is 6.61 Å². The zero-order valence-electron chi connectivity index (χ0n) is 15.1. The molecule has 0 fully saturated rings. The van der Waals surface area contributed by atoms with E-state index in [1.54, 1.807) is 25.1 Å². The highest BCUT2D eigenvalue weighted by atomic mass is 35.5. The molecule has 6 heteroatoms. The lowest BCUT2D eigenvalue weighted by Gasteiger charge is -2.30. The minimum atomic E-state index is -0.486. The average molecular weight is 390 g/mol. The van der Waals surface area contributed by atoms with Crippen LogP contribution < -0.4 is 9.64 Å². The lowest BCUT2D eigenvalue weighted by atomic mass is 10.0. The Balaban J connectivity index is 1.63. The van der Waals surface area contributed by atoms with Gasteiger partial charge in [0.2, 0.25) is 0 Å². The predicted molar refractivity (Wildman–Crippen MR) is 103 cm³/mol. The number of hydrogen-bond donors (Lipinski definition) is 0. The highest BCUT2D eigenvalue weighted by Crippen LogP contribution is 2.32. The first-order chi connectivity index (χ1) is 12.9.